The van der Waals surface area contributed by atoms with Crippen LogP contribution in [0.25, 0.3) is 0 Å². The second-order valence-electron chi connectivity index (χ2n) is 8.00. The van der Waals surface area contributed by atoms with E-state index in [9.17, 15) is 0 Å². The number of hydrogen-bond donors (Lipinski definition) is 1. The van der Waals surface area contributed by atoms with Gasteiger partial charge in [0.25, 0.3) is 0 Å². The number of likely N-dealkylation sites (tertiary alicyclic amines) is 1. The van der Waals surface area contributed by atoms with E-state index in [2.05, 4.69) is 27.9 Å². The Morgan fingerprint density at radius 2 is 2.09 bits per heavy atom. The third-order valence-corrected chi connectivity index (χ3v) is 6.05. The normalized spacial score (nSPS) is 29.3. The third kappa shape index (κ3) is 3.59. The van der Waals surface area contributed by atoms with E-state index >= 15 is 0 Å². The molecule has 0 spiro atoms. The molecular weight excluding hydrogens is 308 g/mol. The van der Waals surface area contributed by atoms with Crippen molar-refractivity contribution < 1.29 is 0 Å². The van der Waals surface area contributed by atoms with Gasteiger partial charge >= 0.3 is 0 Å². The van der Waals surface area contributed by atoms with Crippen LogP contribution in [-0.4, -0.2) is 47.2 Å². The summed E-state index contributed by atoms with van der Waals surface area (Å²) in [4.78, 5) is 7.50. The molecule has 0 bridgehead atoms. The summed E-state index contributed by atoms with van der Waals surface area (Å²) in [7, 11) is 0. The summed E-state index contributed by atoms with van der Waals surface area (Å²) < 4.78 is 2.53. The molecule has 4 heterocycles. The Morgan fingerprint density at radius 1 is 1.26 bits per heavy atom. The van der Waals surface area contributed by atoms with Gasteiger partial charge in [-0.1, -0.05) is 6.92 Å². The summed E-state index contributed by atoms with van der Waals surface area (Å²) >= 11 is 0. The SMILES string of the molecule is CC1(CN2CCC(c3ncc4n3CCCC4)CC2)CCNC1.Cl. The number of piperidine rings is 1. The number of nitrogens with one attached hydrogen (secondary N) is 1. The molecule has 0 amide bonds. The van der Waals surface area contributed by atoms with Crippen LogP contribution >= 0.6 is 12.4 Å². The zero-order valence-electron chi connectivity index (χ0n) is 14.4. The van der Waals surface area contributed by atoms with Crippen molar-refractivity contribution in [2.75, 3.05) is 32.7 Å². The van der Waals surface area contributed by atoms with Crippen LogP contribution in [-0.2, 0) is 13.0 Å². The molecule has 0 aromatic carbocycles. The van der Waals surface area contributed by atoms with Gasteiger partial charge in [-0.15, -0.1) is 12.4 Å². The summed E-state index contributed by atoms with van der Waals surface area (Å²) in [6.07, 6.45) is 9.97. The average Bonchev–Trinajstić information content (AvgIpc) is 3.15. The molecule has 4 nitrogen and oxygen atoms in total. The van der Waals surface area contributed by atoms with E-state index in [0.717, 1.165) is 0 Å². The van der Waals surface area contributed by atoms with Crippen LogP contribution in [0, 0.1) is 5.41 Å². The van der Waals surface area contributed by atoms with Crippen molar-refractivity contribution in [1.29, 1.82) is 0 Å². The van der Waals surface area contributed by atoms with Crippen molar-refractivity contribution in [1.82, 2.24) is 19.8 Å². The molecule has 130 valence electrons. The Morgan fingerprint density at radius 3 is 2.83 bits per heavy atom. The van der Waals surface area contributed by atoms with Gasteiger partial charge in [-0.3, -0.25) is 0 Å². The summed E-state index contributed by atoms with van der Waals surface area (Å²) in [6.45, 7) is 9.82. The van der Waals surface area contributed by atoms with Crippen molar-refractivity contribution in [3.05, 3.63) is 17.7 Å². The number of nitrogens with zero attached hydrogens (tertiary/aromatic N) is 3. The van der Waals surface area contributed by atoms with Gasteiger partial charge in [0.2, 0.25) is 0 Å². The third-order valence-electron chi connectivity index (χ3n) is 6.05. The van der Waals surface area contributed by atoms with Gasteiger partial charge in [-0.2, -0.15) is 0 Å². The van der Waals surface area contributed by atoms with Gasteiger partial charge < -0.3 is 14.8 Å². The standard InChI is InChI=1S/C18H30N4.ClH/c1-18(7-8-19-13-18)14-21-10-5-15(6-11-21)17-20-12-16-4-2-3-9-22(16)17;/h12,15,19H,2-11,13-14H2,1H3;1H. The highest BCUT2D eigenvalue weighted by atomic mass is 35.5. The molecule has 1 unspecified atom stereocenters. The van der Waals surface area contributed by atoms with Crippen molar-refractivity contribution in [3.8, 4) is 0 Å². The first-order chi connectivity index (χ1) is 10.7. The van der Waals surface area contributed by atoms with Crippen molar-refractivity contribution in [2.24, 2.45) is 5.41 Å². The fraction of sp³-hybridized carbons (Fsp3) is 0.833. The second-order valence-corrected chi connectivity index (χ2v) is 8.00. The van der Waals surface area contributed by atoms with Crippen LogP contribution in [0.15, 0.2) is 6.20 Å². The Bertz CT molecular complexity index is 513. The predicted octanol–water partition coefficient (Wildman–Crippen LogP) is 2.82. The summed E-state index contributed by atoms with van der Waals surface area (Å²) in [5.74, 6) is 2.08. The van der Waals surface area contributed by atoms with Gasteiger partial charge in [0, 0.05) is 37.4 Å². The van der Waals surface area contributed by atoms with Crippen LogP contribution in [0.2, 0.25) is 0 Å². The number of fused-ring (bicyclic) bond motifs is 1. The van der Waals surface area contributed by atoms with Gasteiger partial charge in [0.1, 0.15) is 5.82 Å². The summed E-state index contributed by atoms with van der Waals surface area (Å²) in [6, 6.07) is 0. The maximum Gasteiger partial charge on any atom is 0.112 e. The van der Waals surface area contributed by atoms with E-state index in [-0.39, 0.29) is 12.4 Å². The minimum Gasteiger partial charge on any atom is -0.332 e. The van der Waals surface area contributed by atoms with Crippen LogP contribution in [0.5, 0.6) is 0 Å². The van der Waals surface area contributed by atoms with E-state index in [0.29, 0.717) is 11.3 Å². The lowest BCUT2D eigenvalue weighted by atomic mass is 9.87. The molecule has 0 aliphatic carbocycles. The smallest absolute Gasteiger partial charge is 0.112 e. The lowest BCUT2D eigenvalue weighted by Gasteiger charge is -2.37. The Balaban J connectivity index is 0.00000156. The summed E-state index contributed by atoms with van der Waals surface area (Å²) in [5.41, 5.74) is 1.98. The highest BCUT2D eigenvalue weighted by Crippen LogP contribution is 2.32. The number of aryl methyl sites for hydroxylation is 1. The molecule has 4 rings (SSSR count). The maximum atomic E-state index is 4.80. The molecule has 2 fully saturated rings. The van der Waals surface area contributed by atoms with Crippen LogP contribution < -0.4 is 5.32 Å². The van der Waals surface area contributed by atoms with Crippen molar-refractivity contribution >= 4 is 12.4 Å². The van der Waals surface area contributed by atoms with Crippen LogP contribution in [0.1, 0.15) is 56.5 Å². The largest absolute Gasteiger partial charge is 0.332 e. The number of hydrogen-bond acceptors (Lipinski definition) is 3. The molecule has 0 saturated carbocycles. The lowest BCUT2D eigenvalue weighted by Crippen LogP contribution is -2.41. The van der Waals surface area contributed by atoms with Crippen LogP contribution in [0.3, 0.4) is 0 Å². The van der Waals surface area contributed by atoms with Gasteiger partial charge in [0.15, 0.2) is 0 Å². The number of aromatic nitrogens is 2. The predicted molar refractivity (Wildman–Crippen MR) is 96.4 cm³/mol. The fourth-order valence-corrected chi connectivity index (χ4v) is 4.68. The molecule has 0 radical (unpaired) electrons. The Hall–Kier alpha value is -0.580. The molecule has 2 saturated heterocycles. The van der Waals surface area contributed by atoms with E-state index in [1.807, 2.05) is 0 Å². The van der Waals surface area contributed by atoms with Gasteiger partial charge in [-0.05, 0) is 63.6 Å². The van der Waals surface area contributed by atoms with Crippen molar-refractivity contribution in [3.63, 3.8) is 0 Å². The first-order valence-corrected chi connectivity index (χ1v) is 9.21. The quantitative estimate of drug-likeness (QED) is 0.920. The molecule has 1 aromatic heterocycles. The highest BCUT2D eigenvalue weighted by molar-refractivity contribution is 5.85. The van der Waals surface area contributed by atoms with Crippen LogP contribution in [0.4, 0.5) is 0 Å². The van der Waals surface area contributed by atoms with E-state index in [4.69, 9.17) is 4.98 Å². The minimum atomic E-state index is 0. The maximum absolute atomic E-state index is 4.80. The first-order valence-electron chi connectivity index (χ1n) is 9.21. The molecule has 3 aliphatic rings. The molecule has 3 aliphatic heterocycles. The fourth-order valence-electron chi connectivity index (χ4n) is 4.68. The number of halogens is 1. The zero-order chi connectivity index (χ0) is 15.0. The Labute approximate surface area is 146 Å². The van der Waals surface area contributed by atoms with E-state index in [1.54, 1.807) is 0 Å². The molecule has 1 N–H and O–H groups in total. The topological polar surface area (TPSA) is 33.1 Å². The Kier molecular flexibility index (Phi) is 5.34. The highest BCUT2D eigenvalue weighted by Gasteiger charge is 2.33. The van der Waals surface area contributed by atoms with E-state index < -0.39 is 0 Å². The van der Waals surface area contributed by atoms with Crippen molar-refractivity contribution in [2.45, 2.75) is 57.9 Å². The first kappa shape index (κ1) is 17.2. The molecule has 5 heteroatoms. The molecular formula is C18H31ClN4. The molecule has 1 atom stereocenters. The molecule has 23 heavy (non-hydrogen) atoms. The van der Waals surface area contributed by atoms with Gasteiger partial charge in [-0.25, -0.2) is 4.98 Å². The van der Waals surface area contributed by atoms with E-state index in [1.165, 1.54) is 89.3 Å². The summed E-state index contributed by atoms with van der Waals surface area (Å²) in [5, 5.41) is 3.53. The second kappa shape index (κ2) is 7.12. The minimum absolute atomic E-state index is 0. The zero-order valence-corrected chi connectivity index (χ0v) is 15.2. The average molecular weight is 339 g/mol. The number of imidazole rings is 1. The lowest BCUT2D eigenvalue weighted by molar-refractivity contribution is 0.142. The van der Waals surface area contributed by atoms with Gasteiger partial charge in [0.05, 0.1) is 0 Å². The monoisotopic (exact) mass is 338 g/mol. The molecule has 1 aromatic rings. The number of rotatable bonds is 3.